The standard InChI is InChI=1S/C17H20N2O2/c1-19-11-6-7-12(19)9-13(8-11)21-17(20)15-10-18-16-5-3-2-4-14(15)16/h2-5,10-13,18H,6-9H2,1H3/t11-,12?,13?/m1/s1/i2D,3D,5D. The molecule has 0 saturated carbocycles. The van der Waals surface area contributed by atoms with Crippen molar-refractivity contribution in [3.8, 4) is 0 Å². The van der Waals surface area contributed by atoms with Crippen LogP contribution in [0.25, 0.3) is 10.9 Å². The number of benzene rings is 1. The number of piperidine rings is 1. The zero-order chi connectivity index (χ0) is 17.0. The van der Waals surface area contributed by atoms with E-state index in [9.17, 15) is 4.79 Å². The highest BCUT2D eigenvalue weighted by molar-refractivity contribution is 6.04. The van der Waals surface area contributed by atoms with E-state index >= 15 is 0 Å². The summed E-state index contributed by atoms with van der Waals surface area (Å²) in [5.41, 5.74) is 0.754. The van der Waals surface area contributed by atoms with Gasteiger partial charge in [-0.05, 0) is 25.9 Å². The fourth-order valence-corrected chi connectivity index (χ4v) is 3.74. The Morgan fingerprint density at radius 3 is 2.90 bits per heavy atom. The van der Waals surface area contributed by atoms with E-state index in [0.29, 0.717) is 28.6 Å². The van der Waals surface area contributed by atoms with Gasteiger partial charge >= 0.3 is 5.97 Å². The van der Waals surface area contributed by atoms with Crippen molar-refractivity contribution in [3.63, 3.8) is 0 Å². The van der Waals surface area contributed by atoms with Gasteiger partial charge in [-0.15, -0.1) is 0 Å². The number of aromatic amines is 1. The summed E-state index contributed by atoms with van der Waals surface area (Å²) in [5, 5.41) is 0.488. The highest BCUT2D eigenvalue weighted by atomic mass is 16.5. The van der Waals surface area contributed by atoms with Gasteiger partial charge < -0.3 is 14.6 Å². The molecule has 21 heavy (non-hydrogen) atoms. The normalized spacial score (nSPS) is 30.9. The number of aromatic nitrogens is 1. The molecule has 2 fully saturated rings. The summed E-state index contributed by atoms with van der Waals surface area (Å²) in [7, 11) is 2.14. The molecule has 2 saturated heterocycles. The lowest BCUT2D eigenvalue weighted by Gasteiger charge is -2.35. The molecule has 4 rings (SSSR count). The van der Waals surface area contributed by atoms with Crippen molar-refractivity contribution >= 4 is 16.9 Å². The second-order valence-corrected chi connectivity index (χ2v) is 6.08. The molecule has 4 nitrogen and oxygen atoms in total. The summed E-state index contributed by atoms with van der Waals surface area (Å²) in [6.45, 7) is 0. The maximum Gasteiger partial charge on any atom is 0.340 e. The molecule has 2 unspecified atom stereocenters. The van der Waals surface area contributed by atoms with E-state index in [1.54, 1.807) is 0 Å². The van der Waals surface area contributed by atoms with Gasteiger partial charge in [-0.3, -0.25) is 0 Å². The summed E-state index contributed by atoms with van der Waals surface area (Å²) in [5.74, 6) is -0.410. The maximum atomic E-state index is 12.6. The number of rotatable bonds is 2. The summed E-state index contributed by atoms with van der Waals surface area (Å²) >= 11 is 0. The topological polar surface area (TPSA) is 45.3 Å². The predicted octanol–water partition coefficient (Wildman–Crippen LogP) is 2.95. The first-order valence-corrected chi connectivity index (χ1v) is 7.46. The Balaban J connectivity index is 1.58. The number of para-hydroxylation sites is 1. The minimum atomic E-state index is -0.410. The zero-order valence-electron chi connectivity index (χ0n) is 15.0. The van der Waals surface area contributed by atoms with E-state index in [-0.39, 0.29) is 24.2 Å². The lowest BCUT2D eigenvalue weighted by Crippen LogP contribution is -2.43. The van der Waals surface area contributed by atoms with Crippen molar-refractivity contribution in [2.45, 2.75) is 43.9 Å². The Labute approximate surface area is 128 Å². The molecular weight excluding hydrogens is 264 g/mol. The molecule has 3 atom stereocenters. The number of carbonyl (C=O) groups is 1. The van der Waals surface area contributed by atoms with Crippen LogP contribution in [0.15, 0.2) is 30.4 Å². The van der Waals surface area contributed by atoms with Gasteiger partial charge in [0.2, 0.25) is 0 Å². The Bertz CT molecular complexity index is 806. The first-order valence-electron chi connectivity index (χ1n) is 8.96. The summed E-state index contributed by atoms with van der Waals surface area (Å²) in [6.07, 6.45) is 5.51. The number of fused-ring (bicyclic) bond motifs is 3. The number of hydrogen-bond donors (Lipinski definition) is 1. The quantitative estimate of drug-likeness (QED) is 0.864. The summed E-state index contributed by atoms with van der Waals surface area (Å²) in [6, 6.07) is 2.19. The molecule has 1 aromatic heterocycles. The lowest BCUT2D eigenvalue weighted by atomic mass is 10.0. The molecule has 0 spiro atoms. The number of H-pyrrole nitrogens is 1. The van der Waals surface area contributed by atoms with E-state index in [1.165, 1.54) is 25.1 Å². The third-order valence-electron chi connectivity index (χ3n) is 4.95. The number of carbonyl (C=O) groups excluding carboxylic acids is 1. The fourth-order valence-electron chi connectivity index (χ4n) is 3.74. The van der Waals surface area contributed by atoms with Gasteiger partial charge in [0.1, 0.15) is 6.10 Å². The first-order chi connectivity index (χ1) is 11.5. The molecular formula is C17H20N2O2. The zero-order valence-corrected chi connectivity index (χ0v) is 12.0. The molecule has 1 N–H and O–H groups in total. The average molecular weight is 287 g/mol. The number of hydrogen-bond acceptors (Lipinski definition) is 3. The van der Waals surface area contributed by atoms with Crippen LogP contribution in [0.4, 0.5) is 0 Å². The monoisotopic (exact) mass is 287 g/mol. The van der Waals surface area contributed by atoms with Gasteiger partial charge in [0, 0.05) is 42.0 Å². The SMILES string of the molecule is [2H]c1cc2c(C(=O)OC3CC4CC[C@H](C3)N4C)c[nH]c2c([2H])c1[2H]. The Morgan fingerprint density at radius 2 is 2.14 bits per heavy atom. The van der Waals surface area contributed by atoms with Crippen LogP contribution >= 0.6 is 0 Å². The smallest absolute Gasteiger partial charge is 0.340 e. The molecule has 0 amide bonds. The number of esters is 1. The van der Waals surface area contributed by atoms with Crippen molar-refractivity contribution in [2.75, 3.05) is 7.05 Å². The van der Waals surface area contributed by atoms with Crippen molar-refractivity contribution < 1.29 is 13.6 Å². The largest absolute Gasteiger partial charge is 0.459 e. The van der Waals surface area contributed by atoms with Gasteiger partial charge in [-0.2, -0.15) is 0 Å². The van der Waals surface area contributed by atoms with Crippen LogP contribution in [0.5, 0.6) is 0 Å². The van der Waals surface area contributed by atoms with Gasteiger partial charge in [0.15, 0.2) is 0 Å². The maximum absolute atomic E-state index is 12.6. The molecule has 2 aliphatic rings. The van der Waals surface area contributed by atoms with Crippen molar-refractivity contribution in [1.82, 2.24) is 9.88 Å². The Morgan fingerprint density at radius 1 is 1.38 bits per heavy atom. The average Bonchev–Trinajstić information content (AvgIpc) is 3.03. The molecule has 2 bridgehead atoms. The van der Waals surface area contributed by atoms with E-state index < -0.39 is 5.97 Å². The predicted molar refractivity (Wildman–Crippen MR) is 81.3 cm³/mol. The van der Waals surface area contributed by atoms with E-state index in [4.69, 9.17) is 8.85 Å². The highest BCUT2D eigenvalue weighted by Gasteiger charge is 2.40. The molecule has 2 aliphatic heterocycles. The van der Waals surface area contributed by atoms with Crippen molar-refractivity contribution in [2.24, 2.45) is 0 Å². The van der Waals surface area contributed by atoms with Crippen LogP contribution in [0.1, 0.15) is 40.2 Å². The van der Waals surface area contributed by atoms with Crippen LogP contribution in [0, 0.1) is 0 Å². The van der Waals surface area contributed by atoms with Gasteiger partial charge in [-0.1, -0.05) is 18.2 Å². The minimum absolute atomic E-state index is 0.0570. The van der Waals surface area contributed by atoms with Crippen LogP contribution in [0.3, 0.4) is 0 Å². The van der Waals surface area contributed by atoms with Gasteiger partial charge in [-0.25, -0.2) is 4.79 Å². The van der Waals surface area contributed by atoms with Crippen LogP contribution in [0.2, 0.25) is 0 Å². The minimum Gasteiger partial charge on any atom is -0.459 e. The van der Waals surface area contributed by atoms with E-state index in [2.05, 4.69) is 16.9 Å². The number of nitrogens with one attached hydrogen (secondary N) is 1. The molecule has 0 aliphatic carbocycles. The van der Waals surface area contributed by atoms with Crippen molar-refractivity contribution in [1.29, 1.82) is 0 Å². The molecule has 2 aromatic rings. The van der Waals surface area contributed by atoms with Crippen molar-refractivity contribution in [3.05, 3.63) is 36.0 Å². The lowest BCUT2D eigenvalue weighted by molar-refractivity contribution is -0.000258. The second-order valence-electron chi connectivity index (χ2n) is 6.08. The molecule has 4 heteroatoms. The Hall–Kier alpha value is -1.81. The Kier molecular flexibility index (Phi) is 2.33. The van der Waals surface area contributed by atoms with Crippen LogP contribution in [-0.4, -0.2) is 41.1 Å². The first kappa shape index (κ1) is 10.0. The van der Waals surface area contributed by atoms with Crippen LogP contribution in [-0.2, 0) is 4.74 Å². The van der Waals surface area contributed by atoms with Gasteiger partial charge in [0.05, 0.1) is 9.68 Å². The molecule has 0 radical (unpaired) electrons. The van der Waals surface area contributed by atoms with E-state index in [1.807, 2.05) is 0 Å². The summed E-state index contributed by atoms with van der Waals surface area (Å²) < 4.78 is 29.1. The molecule has 110 valence electrons. The fraction of sp³-hybridized carbons (Fsp3) is 0.471. The third kappa shape index (κ3) is 2.14. The third-order valence-corrected chi connectivity index (χ3v) is 4.95. The summed E-state index contributed by atoms with van der Waals surface area (Å²) in [4.78, 5) is 17.9. The number of nitrogens with zero attached hydrogens (tertiary/aromatic N) is 1. The second kappa shape index (κ2) is 4.88. The molecule has 1 aromatic carbocycles. The van der Waals surface area contributed by atoms with Gasteiger partial charge in [0.25, 0.3) is 0 Å². The molecule has 3 heterocycles. The highest BCUT2D eigenvalue weighted by Crippen LogP contribution is 2.35. The van der Waals surface area contributed by atoms with E-state index in [0.717, 1.165) is 12.8 Å². The number of ether oxygens (including phenoxy) is 1. The van der Waals surface area contributed by atoms with Crippen LogP contribution < -0.4 is 0 Å².